The molecule has 0 bridgehead atoms. The zero-order chi connectivity index (χ0) is 19.3. The number of thiazole rings is 1. The molecule has 138 valence electrons. The van der Waals surface area contributed by atoms with Crippen LogP contribution in [0, 0.1) is 5.82 Å². The molecule has 0 aliphatic heterocycles. The molecule has 0 aliphatic rings. The first-order chi connectivity index (χ1) is 12.8. The van der Waals surface area contributed by atoms with Gasteiger partial charge in [0, 0.05) is 6.20 Å². The Balaban J connectivity index is 1.92. The minimum Gasteiger partial charge on any atom is -0.288 e. The highest BCUT2D eigenvalue weighted by Crippen LogP contribution is 2.35. The Morgan fingerprint density at radius 1 is 1.30 bits per heavy atom. The monoisotopic (exact) mass is 399 g/mol. The van der Waals surface area contributed by atoms with Crippen LogP contribution in [0.5, 0.6) is 0 Å². The molecule has 3 aromatic heterocycles. The fraction of sp³-hybridized carbons (Fsp3) is 0.0769. The van der Waals surface area contributed by atoms with Crippen molar-refractivity contribution in [3.05, 3.63) is 45.6 Å². The lowest BCUT2D eigenvalue weighted by Crippen LogP contribution is -2.26. The molecule has 4 rings (SSSR count). The lowest BCUT2D eigenvalue weighted by atomic mass is 10.2. The first-order valence-electron chi connectivity index (χ1n) is 7.01. The summed E-state index contributed by atoms with van der Waals surface area (Å²) in [6, 6.07) is 1.19. The predicted molar refractivity (Wildman–Crippen MR) is 83.9 cm³/mol. The van der Waals surface area contributed by atoms with Gasteiger partial charge in [-0.2, -0.15) is 18.4 Å². The van der Waals surface area contributed by atoms with Crippen LogP contribution < -0.4 is 10.9 Å². The topological polar surface area (TPSA) is 118 Å². The number of tetrazole rings is 1. The number of benzene rings is 1. The standard InChI is InChI=1S/C13H5F4N7O2S/c14-6-2-8-7(1-5(6)13(15,16)17)24-10(26)4(3-18-12(24)27-8)9(25)19-11-20-22-23-21-11/h1-3H,(H2,19,20,21,22,23,25). The number of carbonyl (C=O) groups excluding carboxylic acids is 1. The molecule has 9 nitrogen and oxygen atoms in total. The summed E-state index contributed by atoms with van der Waals surface area (Å²) in [6.07, 6.45) is -3.99. The molecule has 27 heavy (non-hydrogen) atoms. The summed E-state index contributed by atoms with van der Waals surface area (Å²) in [5.41, 5.74) is -3.12. The number of alkyl halides is 3. The van der Waals surface area contributed by atoms with E-state index in [9.17, 15) is 27.2 Å². The van der Waals surface area contributed by atoms with Gasteiger partial charge in [0.15, 0.2) is 4.96 Å². The highest BCUT2D eigenvalue weighted by atomic mass is 32.1. The van der Waals surface area contributed by atoms with Gasteiger partial charge >= 0.3 is 6.18 Å². The lowest BCUT2D eigenvalue weighted by Gasteiger charge is -2.08. The summed E-state index contributed by atoms with van der Waals surface area (Å²) in [5, 5.41) is 14.5. The van der Waals surface area contributed by atoms with Gasteiger partial charge in [0.1, 0.15) is 11.4 Å². The molecule has 0 fully saturated rings. The van der Waals surface area contributed by atoms with Crippen molar-refractivity contribution in [2.75, 3.05) is 5.32 Å². The second-order valence-electron chi connectivity index (χ2n) is 5.18. The van der Waals surface area contributed by atoms with E-state index < -0.39 is 34.6 Å². The molecule has 0 spiro atoms. The van der Waals surface area contributed by atoms with Crippen molar-refractivity contribution >= 4 is 38.4 Å². The Bertz CT molecular complexity index is 1250. The average Bonchev–Trinajstić information content (AvgIpc) is 3.20. The molecule has 4 aromatic rings. The van der Waals surface area contributed by atoms with E-state index in [0.29, 0.717) is 12.1 Å². The third-order valence-corrected chi connectivity index (χ3v) is 4.56. The number of H-pyrrole nitrogens is 1. The molecular formula is C13H5F4N7O2S. The summed E-state index contributed by atoms with van der Waals surface area (Å²) in [4.78, 5) is 28.7. The fourth-order valence-corrected chi connectivity index (χ4v) is 3.37. The molecule has 0 saturated heterocycles. The summed E-state index contributed by atoms with van der Waals surface area (Å²) in [7, 11) is 0. The fourth-order valence-electron chi connectivity index (χ4n) is 2.38. The maximum Gasteiger partial charge on any atom is 0.419 e. The van der Waals surface area contributed by atoms with Crippen molar-refractivity contribution in [1.29, 1.82) is 0 Å². The van der Waals surface area contributed by atoms with Crippen molar-refractivity contribution < 1.29 is 22.4 Å². The number of rotatable bonds is 2. The molecule has 3 heterocycles. The third kappa shape index (κ3) is 2.79. The van der Waals surface area contributed by atoms with Crippen LogP contribution in [0.3, 0.4) is 0 Å². The van der Waals surface area contributed by atoms with Gasteiger partial charge in [-0.05, 0) is 17.3 Å². The first kappa shape index (κ1) is 17.0. The summed E-state index contributed by atoms with van der Waals surface area (Å²) in [6.45, 7) is 0. The number of fused-ring (bicyclic) bond motifs is 3. The van der Waals surface area contributed by atoms with Crippen LogP contribution >= 0.6 is 11.3 Å². The molecule has 1 aromatic carbocycles. The smallest absolute Gasteiger partial charge is 0.288 e. The van der Waals surface area contributed by atoms with Gasteiger partial charge < -0.3 is 0 Å². The van der Waals surface area contributed by atoms with E-state index in [1.807, 2.05) is 0 Å². The number of nitrogens with zero attached hydrogens (tertiary/aromatic N) is 5. The van der Waals surface area contributed by atoms with Crippen LogP contribution in [0.15, 0.2) is 23.1 Å². The van der Waals surface area contributed by atoms with Crippen LogP contribution in [0.2, 0.25) is 0 Å². The molecular weight excluding hydrogens is 394 g/mol. The van der Waals surface area contributed by atoms with E-state index in [1.54, 1.807) is 0 Å². The van der Waals surface area contributed by atoms with Gasteiger partial charge in [0.2, 0.25) is 0 Å². The van der Waals surface area contributed by atoms with E-state index in [2.05, 4.69) is 30.9 Å². The van der Waals surface area contributed by atoms with Crippen molar-refractivity contribution in [2.45, 2.75) is 6.18 Å². The normalized spacial score (nSPS) is 12.0. The van der Waals surface area contributed by atoms with Gasteiger partial charge in [0.05, 0.1) is 15.8 Å². The van der Waals surface area contributed by atoms with Crippen LogP contribution in [0.25, 0.3) is 15.2 Å². The van der Waals surface area contributed by atoms with Gasteiger partial charge in [-0.3, -0.25) is 19.3 Å². The van der Waals surface area contributed by atoms with Gasteiger partial charge in [0.25, 0.3) is 17.4 Å². The Morgan fingerprint density at radius 2 is 2.07 bits per heavy atom. The summed E-state index contributed by atoms with van der Waals surface area (Å²) >= 11 is 0.808. The maximum atomic E-state index is 13.8. The highest BCUT2D eigenvalue weighted by molar-refractivity contribution is 7.23. The van der Waals surface area contributed by atoms with Crippen molar-refractivity contribution in [1.82, 2.24) is 30.0 Å². The number of anilines is 1. The van der Waals surface area contributed by atoms with Crippen LogP contribution in [0.4, 0.5) is 23.5 Å². The highest BCUT2D eigenvalue weighted by Gasteiger charge is 2.35. The zero-order valence-electron chi connectivity index (χ0n) is 12.7. The Kier molecular flexibility index (Phi) is 3.66. The number of amides is 1. The number of aromatic nitrogens is 6. The minimum atomic E-state index is -4.95. The molecule has 14 heteroatoms. The molecule has 0 unspecified atom stereocenters. The number of halogens is 4. The number of hydrogen-bond acceptors (Lipinski definition) is 7. The molecule has 0 saturated carbocycles. The van der Waals surface area contributed by atoms with Crippen molar-refractivity contribution in [3.63, 3.8) is 0 Å². The largest absolute Gasteiger partial charge is 0.419 e. The first-order valence-corrected chi connectivity index (χ1v) is 7.83. The molecule has 0 radical (unpaired) electrons. The number of aromatic amines is 1. The Labute approximate surface area is 148 Å². The van der Waals surface area contributed by atoms with E-state index in [0.717, 1.165) is 21.9 Å². The van der Waals surface area contributed by atoms with E-state index >= 15 is 0 Å². The van der Waals surface area contributed by atoms with Crippen molar-refractivity contribution in [3.8, 4) is 0 Å². The molecule has 0 aliphatic carbocycles. The predicted octanol–water partition coefficient (Wildman–Crippen LogP) is 1.83. The Hall–Kier alpha value is -3.42. The number of hydrogen-bond donors (Lipinski definition) is 2. The van der Waals surface area contributed by atoms with Crippen LogP contribution in [0.1, 0.15) is 15.9 Å². The van der Waals surface area contributed by atoms with Crippen molar-refractivity contribution in [2.24, 2.45) is 0 Å². The number of nitrogens with one attached hydrogen (secondary N) is 2. The molecule has 0 atom stereocenters. The quantitative estimate of drug-likeness (QED) is 0.497. The minimum absolute atomic E-state index is 0.00448. The van der Waals surface area contributed by atoms with Crippen LogP contribution in [-0.2, 0) is 6.18 Å². The van der Waals surface area contributed by atoms with Crippen LogP contribution in [-0.4, -0.2) is 35.9 Å². The maximum absolute atomic E-state index is 13.8. The zero-order valence-corrected chi connectivity index (χ0v) is 13.5. The molecule has 2 N–H and O–H groups in total. The van der Waals surface area contributed by atoms with E-state index in [4.69, 9.17) is 0 Å². The lowest BCUT2D eigenvalue weighted by molar-refractivity contribution is -0.139. The molecule has 1 amide bonds. The Morgan fingerprint density at radius 3 is 2.74 bits per heavy atom. The van der Waals surface area contributed by atoms with E-state index in [1.165, 1.54) is 0 Å². The average molecular weight is 399 g/mol. The van der Waals surface area contributed by atoms with Gasteiger partial charge in [-0.25, -0.2) is 9.37 Å². The van der Waals surface area contributed by atoms with Gasteiger partial charge in [-0.1, -0.05) is 16.4 Å². The SMILES string of the molecule is O=C(Nc1nn[nH]n1)c1cnc2sc3cc(F)c(C(F)(F)F)cc3n2c1=O. The third-order valence-electron chi connectivity index (χ3n) is 3.54. The number of carbonyl (C=O) groups is 1. The summed E-state index contributed by atoms with van der Waals surface area (Å²) in [5.74, 6) is -2.61. The van der Waals surface area contributed by atoms with Gasteiger partial charge in [-0.15, -0.1) is 5.10 Å². The second-order valence-corrected chi connectivity index (χ2v) is 6.19. The summed E-state index contributed by atoms with van der Waals surface area (Å²) < 4.78 is 53.6. The second kappa shape index (κ2) is 5.80. The van der Waals surface area contributed by atoms with E-state index in [-0.39, 0.29) is 21.1 Å².